The fourth-order valence-corrected chi connectivity index (χ4v) is 2.12. The third-order valence-electron chi connectivity index (χ3n) is 3.66. The molecule has 0 heterocycles. The van der Waals surface area contributed by atoms with Crippen molar-refractivity contribution in [3.63, 3.8) is 0 Å². The zero-order valence-corrected chi connectivity index (χ0v) is 13.7. The Morgan fingerprint density at radius 2 is 1.68 bits per heavy atom. The van der Waals surface area contributed by atoms with Gasteiger partial charge in [0.2, 0.25) is 6.04 Å². The largest absolute Gasteiger partial charge is 0.477 e. The average Bonchev–Trinajstić information content (AvgIpc) is 2.45. The number of hydrogen-bond donors (Lipinski definition) is 2. The number of esters is 1. The number of carbonyl (C=O) groups is 2. The molecule has 1 aromatic carbocycles. The summed E-state index contributed by atoms with van der Waals surface area (Å²) in [4.78, 5) is 22.9. The van der Waals surface area contributed by atoms with Crippen LogP contribution in [0.25, 0.3) is 0 Å². The van der Waals surface area contributed by atoms with Crippen molar-refractivity contribution in [3.05, 3.63) is 35.4 Å². The van der Waals surface area contributed by atoms with Gasteiger partial charge < -0.3 is 15.6 Å². The van der Waals surface area contributed by atoms with E-state index in [9.17, 15) is 9.59 Å². The molecular weight excluding hydrogens is 282 g/mol. The summed E-state index contributed by atoms with van der Waals surface area (Å²) in [5.74, 6) is -1.36. The number of benzene rings is 1. The Morgan fingerprint density at radius 3 is 2.14 bits per heavy atom. The maximum Gasteiger partial charge on any atom is 0.366 e. The molecular formula is C17H26NO4+. The Balaban J connectivity index is 2.68. The van der Waals surface area contributed by atoms with E-state index in [0.29, 0.717) is 5.92 Å². The SMILES string of the molecule is CC(C)Cc1ccc(C(C)C(=O)O[C@H](C)[C@H]([NH3+])C(=O)O)cc1. The lowest BCUT2D eigenvalue weighted by Crippen LogP contribution is -2.70. The Bertz CT molecular complexity index is 510. The zero-order valence-electron chi connectivity index (χ0n) is 13.7. The van der Waals surface area contributed by atoms with Crippen molar-refractivity contribution in [2.45, 2.75) is 52.2 Å². The first kappa shape index (κ1) is 18.2. The van der Waals surface area contributed by atoms with Crippen LogP contribution in [0.3, 0.4) is 0 Å². The molecule has 0 aliphatic rings. The molecule has 3 atom stereocenters. The highest BCUT2D eigenvalue weighted by Gasteiger charge is 2.29. The van der Waals surface area contributed by atoms with Crippen molar-refractivity contribution in [2.75, 3.05) is 0 Å². The van der Waals surface area contributed by atoms with E-state index in [4.69, 9.17) is 9.84 Å². The summed E-state index contributed by atoms with van der Waals surface area (Å²) in [6.07, 6.45) is 0.241. The van der Waals surface area contributed by atoms with Crippen molar-refractivity contribution < 1.29 is 25.2 Å². The van der Waals surface area contributed by atoms with Crippen LogP contribution in [0, 0.1) is 5.92 Å². The predicted molar refractivity (Wildman–Crippen MR) is 83.3 cm³/mol. The minimum absolute atomic E-state index is 0.431. The molecule has 0 saturated carbocycles. The summed E-state index contributed by atoms with van der Waals surface area (Å²) in [6.45, 7) is 7.62. The lowest BCUT2D eigenvalue weighted by molar-refractivity contribution is -0.423. The van der Waals surface area contributed by atoms with Crippen molar-refractivity contribution in [2.24, 2.45) is 5.92 Å². The van der Waals surface area contributed by atoms with Crippen LogP contribution >= 0.6 is 0 Å². The standard InChI is InChI=1S/C17H25NO4/c1-10(2)9-13-5-7-14(8-6-13)11(3)17(21)22-12(4)15(18)16(19)20/h5-8,10-12,15H,9,18H2,1-4H3,(H,19,20)/p+1/t11?,12-,15+/m1/s1. The number of hydrogen-bond acceptors (Lipinski definition) is 3. The molecule has 5 nitrogen and oxygen atoms in total. The van der Waals surface area contributed by atoms with Gasteiger partial charge in [-0.15, -0.1) is 0 Å². The second kappa shape index (κ2) is 7.94. The smallest absolute Gasteiger partial charge is 0.366 e. The molecule has 4 N–H and O–H groups in total. The monoisotopic (exact) mass is 308 g/mol. The third kappa shape index (κ3) is 5.15. The maximum atomic E-state index is 12.1. The first-order chi connectivity index (χ1) is 10.2. The van der Waals surface area contributed by atoms with Crippen molar-refractivity contribution in [3.8, 4) is 0 Å². The van der Waals surface area contributed by atoms with Gasteiger partial charge in [0.15, 0.2) is 6.10 Å². The average molecular weight is 308 g/mol. The van der Waals surface area contributed by atoms with E-state index < -0.39 is 30.0 Å². The van der Waals surface area contributed by atoms with Crippen LogP contribution in [-0.4, -0.2) is 29.2 Å². The fourth-order valence-electron chi connectivity index (χ4n) is 2.12. The Hall–Kier alpha value is -1.88. The number of aliphatic carboxylic acids is 1. The number of ether oxygens (including phenoxy) is 1. The van der Waals surface area contributed by atoms with Crippen molar-refractivity contribution in [1.29, 1.82) is 0 Å². The highest BCUT2D eigenvalue weighted by molar-refractivity contribution is 5.79. The molecule has 0 bridgehead atoms. The topological polar surface area (TPSA) is 91.2 Å². The summed E-state index contributed by atoms with van der Waals surface area (Å²) in [5.41, 5.74) is 5.58. The van der Waals surface area contributed by atoms with Gasteiger partial charge >= 0.3 is 11.9 Å². The van der Waals surface area contributed by atoms with Crippen LogP contribution in [0.4, 0.5) is 0 Å². The molecule has 0 aliphatic heterocycles. The molecule has 0 fully saturated rings. The van der Waals surface area contributed by atoms with Gasteiger partial charge in [-0.25, -0.2) is 4.79 Å². The second-order valence-corrected chi connectivity index (χ2v) is 6.15. The predicted octanol–water partition coefficient (Wildman–Crippen LogP) is 1.62. The molecule has 0 amide bonds. The summed E-state index contributed by atoms with van der Waals surface area (Å²) in [6, 6.07) is 6.92. The Morgan fingerprint density at radius 1 is 1.14 bits per heavy atom. The van der Waals surface area contributed by atoms with Gasteiger partial charge in [0.25, 0.3) is 0 Å². The molecule has 0 aliphatic carbocycles. The van der Waals surface area contributed by atoms with E-state index in [0.717, 1.165) is 12.0 Å². The van der Waals surface area contributed by atoms with E-state index in [1.165, 1.54) is 5.56 Å². The van der Waals surface area contributed by atoms with E-state index in [-0.39, 0.29) is 0 Å². The van der Waals surface area contributed by atoms with Gasteiger partial charge in [0.1, 0.15) is 0 Å². The van der Waals surface area contributed by atoms with E-state index >= 15 is 0 Å². The van der Waals surface area contributed by atoms with Crippen molar-refractivity contribution in [1.82, 2.24) is 0 Å². The van der Waals surface area contributed by atoms with E-state index in [2.05, 4.69) is 19.6 Å². The third-order valence-corrected chi connectivity index (χ3v) is 3.66. The summed E-state index contributed by atoms with van der Waals surface area (Å²) < 4.78 is 5.20. The molecule has 0 radical (unpaired) electrons. The van der Waals surface area contributed by atoms with Crippen LogP contribution < -0.4 is 5.73 Å². The number of quaternary nitrogens is 1. The Kier molecular flexibility index (Phi) is 6.56. The van der Waals surface area contributed by atoms with Crippen molar-refractivity contribution >= 4 is 11.9 Å². The van der Waals surface area contributed by atoms with Gasteiger partial charge in [-0.05, 0) is 37.3 Å². The summed E-state index contributed by atoms with van der Waals surface area (Å²) in [5, 5.41) is 8.87. The summed E-state index contributed by atoms with van der Waals surface area (Å²) in [7, 11) is 0. The van der Waals surface area contributed by atoms with Crippen LogP contribution in [0.2, 0.25) is 0 Å². The summed E-state index contributed by atoms with van der Waals surface area (Å²) >= 11 is 0. The number of carboxylic acids is 1. The molecule has 1 rings (SSSR count). The van der Waals surface area contributed by atoms with E-state index in [1.54, 1.807) is 13.8 Å². The highest BCUT2D eigenvalue weighted by Crippen LogP contribution is 2.19. The van der Waals surface area contributed by atoms with Crippen LogP contribution in [0.15, 0.2) is 24.3 Å². The molecule has 0 saturated heterocycles. The molecule has 5 heteroatoms. The van der Waals surface area contributed by atoms with Crippen LogP contribution in [-0.2, 0) is 20.7 Å². The second-order valence-electron chi connectivity index (χ2n) is 6.15. The quantitative estimate of drug-likeness (QED) is 0.749. The molecule has 22 heavy (non-hydrogen) atoms. The number of rotatable bonds is 7. The van der Waals surface area contributed by atoms with Gasteiger partial charge in [-0.3, -0.25) is 4.79 Å². The molecule has 122 valence electrons. The fraction of sp³-hybridized carbons (Fsp3) is 0.529. The normalized spacial score (nSPS) is 15.2. The van der Waals surface area contributed by atoms with E-state index in [1.807, 2.05) is 24.3 Å². The first-order valence-electron chi connectivity index (χ1n) is 7.57. The molecule has 1 unspecified atom stereocenters. The number of carboxylic acid groups (broad SMARTS) is 1. The van der Waals surface area contributed by atoms with Crippen LogP contribution in [0.5, 0.6) is 0 Å². The van der Waals surface area contributed by atoms with Gasteiger partial charge in [-0.1, -0.05) is 38.1 Å². The zero-order chi connectivity index (χ0) is 16.9. The molecule has 0 aromatic heterocycles. The highest BCUT2D eigenvalue weighted by atomic mass is 16.5. The first-order valence-corrected chi connectivity index (χ1v) is 7.57. The van der Waals surface area contributed by atoms with Crippen LogP contribution in [0.1, 0.15) is 44.7 Å². The molecule has 1 aromatic rings. The van der Waals surface area contributed by atoms with Gasteiger partial charge in [0, 0.05) is 0 Å². The minimum Gasteiger partial charge on any atom is -0.477 e. The minimum atomic E-state index is -1.08. The number of carbonyl (C=O) groups excluding carboxylic acids is 1. The van der Waals surface area contributed by atoms with Gasteiger partial charge in [-0.2, -0.15) is 0 Å². The lowest BCUT2D eigenvalue weighted by atomic mass is 9.97. The molecule has 0 spiro atoms. The maximum absolute atomic E-state index is 12.1. The van der Waals surface area contributed by atoms with Gasteiger partial charge in [0.05, 0.1) is 5.92 Å². The Labute approximate surface area is 131 Å². The lowest BCUT2D eigenvalue weighted by Gasteiger charge is -2.18.